The molecule has 18 heavy (non-hydrogen) atoms. The predicted octanol–water partition coefficient (Wildman–Crippen LogP) is 4.40. The van der Waals surface area contributed by atoms with Crippen molar-refractivity contribution in [3.05, 3.63) is 56.7 Å². The van der Waals surface area contributed by atoms with Gasteiger partial charge >= 0.3 is 0 Å². The lowest BCUT2D eigenvalue weighted by atomic mass is 10.3. The molecular formula is C12H7BrCl2N2O. The molecular weight excluding hydrogens is 339 g/mol. The van der Waals surface area contributed by atoms with Crippen LogP contribution in [0, 0.1) is 0 Å². The smallest absolute Gasteiger partial charge is 0.274 e. The van der Waals surface area contributed by atoms with Gasteiger partial charge in [-0.15, -0.1) is 0 Å². The Morgan fingerprint density at radius 1 is 1.17 bits per heavy atom. The summed E-state index contributed by atoms with van der Waals surface area (Å²) in [4.78, 5) is 15.8. The van der Waals surface area contributed by atoms with Crippen LogP contribution in [0.5, 0.6) is 0 Å². The van der Waals surface area contributed by atoms with Crippen molar-refractivity contribution in [2.75, 3.05) is 5.32 Å². The molecule has 3 nitrogen and oxygen atoms in total. The lowest BCUT2D eigenvalue weighted by Crippen LogP contribution is -2.13. The Morgan fingerprint density at radius 2 is 1.89 bits per heavy atom. The maximum absolute atomic E-state index is 11.9. The minimum atomic E-state index is -0.310. The molecule has 1 amide bonds. The molecule has 1 aromatic heterocycles. The molecule has 0 bridgehead atoms. The van der Waals surface area contributed by atoms with E-state index in [1.54, 1.807) is 30.3 Å². The van der Waals surface area contributed by atoms with Crippen molar-refractivity contribution in [2.45, 2.75) is 0 Å². The van der Waals surface area contributed by atoms with Crippen molar-refractivity contribution in [3.63, 3.8) is 0 Å². The summed E-state index contributed by atoms with van der Waals surface area (Å²) < 4.78 is 0.706. The number of carbonyl (C=O) groups excluding carboxylic acids is 1. The van der Waals surface area contributed by atoms with Gasteiger partial charge in [0.15, 0.2) is 0 Å². The number of amides is 1. The van der Waals surface area contributed by atoms with Crippen LogP contribution in [0.2, 0.25) is 10.0 Å². The molecule has 1 N–H and O–H groups in total. The number of anilines is 1. The molecule has 0 radical (unpaired) electrons. The van der Waals surface area contributed by atoms with Crippen LogP contribution in [-0.4, -0.2) is 10.9 Å². The lowest BCUT2D eigenvalue weighted by Gasteiger charge is -2.07. The first-order chi connectivity index (χ1) is 8.56. The number of hydrogen-bond donors (Lipinski definition) is 1. The molecule has 0 aliphatic rings. The second kappa shape index (κ2) is 5.69. The fourth-order valence-corrected chi connectivity index (χ4v) is 2.18. The van der Waals surface area contributed by atoms with Crippen molar-refractivity contribution in [3.8, 4) is 0 Å². The van der Waals surface area contributed by atoms with Crippen molar-refractivity contribution in [1.82, 2.24) is 4.98 Å². The molecule has 0 atom stereocenters. The maximum atomic E-state index is 11.9. The SMILES string of the molecule is O=C(Nc1ccc(Cl)cc1Br)c1ccc(Cl)cn1. The quantitative estimate of drug-likeness (QED) is 0.876. The van der Waals surface area contributed by atoms with E-state index < -0.39 is 0 Å². The average molecular weight is 346 g/mol. The average Bonchev–Trinajstić information content (AvgIpc) is 2.33. The Kier molecular flexibility index (Phi) is 4.22. The monoisotopic (exact) mass is 344 g/mol. The second-order valence-electron chi connectivity index (χ2n) is 3.44. The summed E-state index contributed by atoms with van der Waals surface area (Å²) in [6.45, 7) is 0. The third kappa shape index (κ3) is 3.22. The molecule has 2 rings (SSSR count). The number of halogens is 3. The van der Waals surface area contributed by atoms with E-state index in [-0.39, 0.29) is 5.91 Å². The Labute approximate surface area is 122 Å². The molecule has 0 unspecified atom stereocenters. The van der Waals surface area contributed by atoms with Crippen LogP contribution >= 0.6 is 39.1 Å². The van der Waals surface area contributed by atoms with Gasteiger partial charge in [-0.05, 0) is 46.3 Å². The number of carbonyl (C=O) groups is 1. The Bertz CT molecular complexity index is 587. The van der Waals surface area contributed by atoms with Gasteiger partial charge in [-0.2, -0.15) is 0 Å². The molecule has 0 fully saturated rings. The summed E-state index contributed by atoms with van der Waals surface area (Å²) in [6.07, 6.45) is 1.42. The number of aromatic nitrogens is 1. The molecule has 0 saturated carbocycles. The van der Waals surface area contributed by atoms with Gasteiger partial charge in [0.1, 0.15) is 5.69 Å². The van der Waals surface area contributed by atoms with E-state index >= 15 is 0 Å². The molecule has 6 heteroatoms. The molecule has 92 valence electrons. The number of rotatable bonds is 2. The number of nitrogens with one attached hydrogen (secondary N) is 1. The summed E-state index contributed by atoms with van der Waals surface area (Å²) in [5, 5.41) is 3.80. The van der Waals surface area contributed by atoms with Crippen molar-refractivity contribution < 1.29 is 4.79 Å². The molecule has 1 heterocycles. The third-order valence-corrected chi connectivity index (χ3v) is 3.25. The molecule has 1 aromatic carbocycles. The highest BCUT2D eigenvalue weighted by atomic mass is 79.9. The summed E-state index contributed by atoms with van der Waals surface area (Å²) in [6, 6.07) is 8.27. The van der Waals surface area contributed by atoms with Gasteiger partial charge < -0.3 is 5.32 Å². The fourth-order valence-electron chi connectivity index (χ4n) is 1.29. The van der Waals surface area contributed by atoms with Gasteiger partial charge in [-0.3, -0.25) is 4.79 Å². The van der Waals surface area contributed by atoms with Crippen LogP contribution in [0.15, 0.2) is 41.0 Å². The van der Waals surface area contributed by atoms with Crippen LogP contribution < -0.4 is 5.32 Å². The zero-order valence-electron chi connectivity index (χ0n) is 8.95. The van der Waals surface area contributed by atoms with Gasteiger partial charge in [-0.1, -0.05) is 23.2 Å². The van der Waals surface area contributed by atoms with E-state index in [0.29, 0.717) is 25.9 Å². The normalized spacial score (nSPS) is 10.2. The Morgan fingerprint density at radius 3 is 2.50 bits per heavy atom. The van der Waals surface area contributed by atoms with E-state index in [2.05, 4.69) is 26.2 Å². The van der Waals surface area contributed by atoms with E-state index in [9.17, 15) is 4.79 Å². The van der Waals surface area contributed by atoms with Gasteiger partial charge in [0, 0.05) is 15.7 Å². The van der Waals surface area contributed by atoms with Crippen molar-refractivity contribution in [2.24, 2.45) is 0 Å². The Hall–Kier alpha value is -1.10. The highest BCUT2D eigenvalue weighted by molar-refractivity contribution is 9.10. The van der Waals surface area contributed by atoms with Crippen LogP contribution in [0.25, 0.3) is 0 Å². The third-order valence-electron chi connectivity index (χ3n) is 2.14. The van der Waals surface area contributed by atoms with Crippen molar-refractivity contribution in [1.29, 1.82) is 0 Å². The minimum Gasteiger partial charge on any atom is -0.320 e. The predicted molar refractivity (Wildman–Crippen MR) is 76.4 cm³/mol. The number of benzene rings is 1. The van der Waals surface area contributed by atoms with Gasteiger partial charge in [0.25, 0.3) is 5.91 Å². The van der Waals surface area contributed by atoms with Crippen LogP contribution in [0.3, 0.4) is 0 Å². The highest BCUT2D eigenvalue weighted by Gasteiger charge is 2.09. The van der Waals surface area contributed by atoms with Crippen LogP contribution in [-0.2, 0) is 0 Å². The fraction of sp³-hybridized carbons (Fsp3) is 0. The lowest BCUT2D eigenvalue weighted by molar-refractivity contribution is 0.102. The van der Waals surface area contributed by atoms with E-state index in [4.69, 9.17) is 23.2 Å². The van der Waals surface area contributed by atoms with Gasteiger partial charge in [-0.25, -0.2) is 4.98 Å². The number of hydrogen-bond acceptors (Lipinski definition) is 2. The summed E-state index contributed by atoms with van der Waals surface area (Å²) in [5.74, 6) is -0.310. The Balaban J connectivity index is 2.18. The second-order valence-corrected chi connectivity index (χ2v) is 5.17. The van der Waals surface area contributed by atoms with E-state index in [1.165, 1.54) is 6.20 Å². The van der Waals surface area contributed by atoms with Gasteiger partial charge in [0.2, 0.25) is 0 Å². The van der Waals surface area contributed by atoms with Crippen LogP contribution in [0.1, 0.15) is 10.5 Å². The summed E-state index contributed by atoms with van der Waals surface area (Å²) >= 11 is 14.8. The largest absolute Gasteiger partial charge is 0.320 e. The van der Waals surface area contributed by atoms with Crippen LogP contribution in [0.4, 0.5) is 5.69 Å². The number of pyridine rings is 1. The molecule has 0 aliphatic carbocycles. The van der Waals surface area contributed by atoms with E-state index in [0.717, 1.165) is 0 Å². The highest BCUT2D eigenvalue weighted by Crippen LogP contribution is 2.26. The number of nitrogens with zero attached hydrogens (tertiary/aromatic N) is 1. The molecule has 0 spiro atoms. The molecule has 2 aromatic rings. The topological polar surface area (TPSA) is 42.0 Å². The van der Waals surface area contributed by atoms with Crippen molar-refractivity contribution >= 4 is 50.7 Å². The summed E-state index contributed by atoms with van der Waals surface area (Å²) in [7, 11) is 0. The van der Waals surface area contributed by atoms with Gasteiger partial charge in [0.05, 0.1) is 10.7 Å². The molecule has 0 saturated heterocycles. The zero-order chi connectivity index (χ0) is 13.1. The zero-order valence-corrected chi connectivity index (χ0v) is 12.1. The first kappa shape index (κ1) is 13.3. The summed E-state index contributed by atoms with van der Waals surface area (Å²) in [5.41, 5.74) is 0.919. The minimum absolute atomic E-state index is 0.293. The first-order valence-electron chi connectivity index (χ1n) is 4.94. The molecule has 0 aliphatic heterocycles. The standard InChI is InChI=1S/C12H7BrCl2N2O/c13-9-5-7(14)1-3-10(9)17-12(18)11-4-2-8(15)6-16-11/h1-6H,(H,17,18). The van der Waals surface area contributed by atoms with E-state index in [1.807, 2.05) is 0 Å². The first-order valence-corrected chi connectivity index (χ1v) is 6.49. The maximum Gasteiger partial charge on any atom is 0.274 e.